The van der Waals surface area contributed by atoms with E-state index in [1.807, 2.05) is 31.2 Å². The van der Waals surface area contributed by atoms with Gasteiger partial charge in [0.1, 0.15) is 11.5 Å². The van der Waals surface area contributed by atoms with Crippen molar-refractivity contribution in [1.82, 2.24) is 4.90 Å². The van der Waals surface area contributed by atoms with Crippen LogP contribution in [0.2, 0.25) is 10.0 Å². The second-order valence-corrected chi connectivity index (χ2v) is 8.42. The lowest BCUT2D eigenvalue weighted by Crippen LogP contribution is -2.27. The van der Waals surface area contributed by atoms with Gasteiger partial charge in [-0.2, -0.15) is 0 Å². The van der Waals surface area contributed by atoms with E-state index < -0.39 is 0 Å². The molecule has 2 amide bonds. The molecule has 0 radical (unpaired) electrons. The summed E-state index contributed by atoms with van der Waals surface area (Å²) in [6, 6.07) is 16.4. The standard InChI is InChI=1S/C22H15Cl2NO3S/c1-13-3-2-4-14(9-13)12-25-21(26)20(29-22(25)27)11-16-6-8-19(28-16)17-7-5-15(23)10-18(17)24/h2-11H,12H2,1H3/b20-11+. The number of carbonyl (C=O) groups excluding carboxylic acids is 2. The minimum atomic E-state index is -0.330. The zero-order valence-corrected chi connectivity index (χ0v) is 17.6. The first-order valence-corrected chi connectivity index (χ1v) is 10.3. The Hall–Kier alpha value is -2.47. The first kappa shape index (κ1) is 19.8. The molecule has 0 unspecified atom stereocenters. The normalized spacial score (nSPS) is 15.6. The van der Waals surface area contributed by atoms with Gasteiger partial charge < -0.3 is 4.42 Å². The van der Waals surface area contributed by atoms with E-state index in [2.05, 4.69) is 0 Å². The number of nitrogens with zero attached hydrogens (tertiary/aromatic N) is 1. The largest absolute Gasteiger partial charge is 0.457 e. The summed E-state index contributed by atoms with van der Waals surface area (Å²) >= 11 is 13.1. The summed E-state index contributed by atoms with van der Waals surface area (Å²) in [4.78, 5) is 26.6. The minimum absolute atomic E-state index is 0.244. The van der Waals surface area contributed by atoms with E-state index in [0.717, 1.165) is 22.9 Å². The SMILES string of the molecule is Cc1cccc(CN2C(=O)S/C(=C/c3ccc(-c4ccc(Cl)cc4Cl)o3)C2=O)c1. The average Bonchev–Trinajstić information content (AvgIpc) is 3.22. The van der Waals surface area contributed by atoms with E-state index in [4.69, 9.17) is 27.6 Å². The molecule has 0 saturated carbocycles. The van der Waals surface area contributed by atoms with Crippen molar-refractivity contribution in [3.63, 3.8) is 0 Å². The van der Waals surface area contributed by atoms with E-state index in [-0.39, 0.29) is 17.7 Å². The second kappa shape index (κ2) is 8.11. The molecule has 0 aliphatic carbocycles. The van der Waals surface area contributed by atoms with Crippen LogP contribution in [0.3, 0.4) is 0 Å². The molecule has 1 aliphatic heterocycles. The van der Waals surface area contributed by atoms with Gasteiger partial charge in [0, 0.05) is 16.7 Å². The van der Waals surface area contributed by atoms with Crippen LogP contribution in [-0.2, 0) is 11.3 Å². The summed E-state index contributed by atoms with van der Waals surface area (Å²) in [6.07, 6.45) is 1.58. The molecule has 29 heavy (non-hydrogen) atoms. The topological polar surface area (TPSA) is 50.5 Å². The Bertz CT molecular complexity index is 1150. The van der Waals surface area contributed by atoms with Gasteiger partial charge in [0.05, 0.1) is 16.5 Å². The number of furan rings is 1. The number of halogens is 2. The molecule has 0 N–H and O–H groups in total. The molecule has 2 aromatic carbocycles. The lowest BCUT2D eigenvalue weighted by Gasteiger charge is -2.12. The Morgan fingerprint density at radius 3 is 2.66 bits per heavy atom. The molecule has 4 rings (SSSR count). The van der Waals surface area contributed by atoms with Gasteiger partial charge in [0.25, 0.3) is 11.1 Å². The van der Waals surface area contributed by atoms with Crippen molar-refractivity contribution in [3.8, 4) is 11.3 Å². The van der Waals surface area contributed by atoms with Gasteiger partial charge in [-0.1, -0.05) is 53.0 Å². The number of aryl methyl sites for hydroxylation is 1. The Balaban J connectivity index is 1.55. The van der Waals surface area contributed by atoms with Gasteiger partial charge >= 0.3 is 0 Å². The van der Waals surface area contributed by atoms with E-state index in [9.17, 15) is 9.59 Å². The zero-order valence-electron chi connectivity index (χ0n) is 15.3. The number of carbonyl (C=O) groups is 2. The number of hydrogen-bond donors (Lipinski definition) is 0. The van der Waals surface area contributed by atoms with Crippen LogP contribution in [0, 0.1) is 6.92 Å². The van der Waals surface area contributed by atoms with Crippen LogP contribution in [0.5, 0.6) is 0 Å². The molecule has 1 aromatic heterocycles. The summed E-state index contributed by atoms with van der Waals surface area (Å²) in [6.45, 7) is 2.21. The number of rotatable bonds is 4. The summed E-state index contributed by atoms with van der Waals surface area (Å²) < 4.78 is 5.81. The number of hydrogen-bond acceptors (Lipinski definition) is 4. The quantitative estimate of drug-likeness (QED) is 0.416. The molecular weight excluding hydrogens is 429 g/mol. The van der Waals surface area contributed by atoms with Crippen molar-refractivity contribution in [2.45, 2.75) is 13.5 Å². The van der Waals surface area contributed by atoms with Crippen molar-refractivity contribution in [2.75, 3.05) is 0 Å². The fourth-order valence-electron chi connectivity index (χ4n) is 3.02. The van der Waals surface area contributed by atoms with Gasteiger partial charge in [-0.05, 0) is 54.6 Å². The molecule has 0 spiro atoms. The molecule has 146 valence electrons. The Morgan fingerprint density at radius 2 is 1.90 bits per heavy atom. The van der Waals surface area contributed by atoms with Gasteiger partial charge in [-0.15, -0.1) is 0 Å². The summed E-state index contributed by atoms with van der Waals surface area (Å²) in [7, 11) is 0. The predicted molar refractivity (Wildman–Crippen MR) is 117 cm³/mol. The van der Waals surface area contributed by atoms with Gasteiger partial charge in [-0.25, -0.2) is 0 Å². The van der Waals surface area contributed by atoms with Gasteiger partial charge in [-0.3, -0.25) is 14.5 Å². The van der Waals surface area contributed by atoms with Crippen LogP contribution in [0.4, 0.5) is 4.79 Å². The Morgan fingerprint density at radius 1 is 1.07 bits per heavy atom. The maximum atomic E-state index is 12.7. The lowest BCUT2D eigenvalue weighted by atomic mass is 10.1. The predicted octanol–water partition coefficient (Wildman–Crippen LogP) is 6.80. The van der Waals surface area contributed by atoms with Crippen molar-refractivity contribution in [2.24, 2.45) is 0 Å². The summed E-state index contributed by atoms with van der Waals surface area (Å²) in [5.41, 5.74) is 2.68. The molecule has 1 aliphatic rings. The van der Waals surface area contributed by atoms with Crippen LogP contribution < -0.4 is 0 Å². The van der Waals surface area contributed by atoms with Crippen LogP contribution >= 0.6 is 35.0 Å². The lowest BCUT2D eigenvalue weighted by molar-refractivity contribution is -0.123. The molecule has 0 bridgehead atoms. The van der Waals surface area contributed by atoms with Crippen LogP contribution in [0.15, 0.2) is 63.9 Å². The third-order valence-corrected chi connectivity index (χ3v) is 5.85. The third kappa shape index (κ3) is 4.27. The fraction of sp³-hybridized carbons (Fsp3) is 0.0909. The summed E-state index contributed by atoms with van der Waals surface area (Å²) in [5.74, 6) is 0.688. The average molecular weight is 444 g/mol. The minimum Gasteiger partial charge on any atom is -0.457 e. The Kier molecular flexibility index (Phi) is 5.54. The monoisotopic (exact) mass is 443 g/mol. The number of imide groups is 1. The number of thioether (sulfide) groups is 1. The molecular formula is C22H15Cl2NO3S. The maximum absolute atomic E-state index is 12.7. The maximum Gasteiger partial charge on any atom is 0.293 e. The first-order chi connectivity index (χ1) is 13.9. The highest BCUT2D eigenvalue weighted by molar-refractivity contribution is 8.18. The van der Waals surface area contributed by atoms with Crippen molar-refractivity contribution < 1.29 is 14.0 Å². The first-order valence-electron chi connectivity index (χ1n) is 8.77. The molecule has 4 nitrogen and oxygen atoms in total. The van der Waals surface area contributed by atoms with Crippen molar-refractivity contribution in [1.29, 1.82) is 0 Å². The van der Waals surface area contributed by atoms with Crippen LogP contribution in [-0.4, -0.2) is 16.0 Å². The van der Waals surface area contributed by atoms with E-state index >= 15 is 0 Å². The third-order valence-electron chi connectivity index (χ3n) is 4.39. The van der Waals surface area contributed by atoms with Crippen molar-refractivity contribution >= 4 is 52.2 Å². The van der Waals surface area contributed by atoms with Crippen molar-refractivity contribution in [3.05, 3.63) is 86.4 Å². The molecule has 0 atom stereocenters. The molecule has 1 fully saturated rings. The highest BCUT2D eigenvalue weighted by atomic mass is 35.5. The number of amides is 2. The van der Waals surface area contributed by atoms with Crippen LogP contribution in [0.25, 0.3) is 17.4 Å². The smallest absolute Gasteiger partial charge is 0.293 e. The molecule has 3 aromatic rings. The molecule has 7 heteroatoms. The van der Waals surface area contributed by atoms with Gasteiger partial charge in [0.2, 0.25) is 0 Å². The zero-order chi connectivity index (χ0) is 20.5. The number of benzene rings is 2. The van der Waals surface area contributed by atoms with E-state index in [1.165, 1.54) is 4.90 Å². The van der Waals surface area contributed by atoms with E-state index in [0.29, 0.717) is 32.0 Å². The van der Waals surface area contributed by atoms with Gasteiger partial charge in [0.15, 0.2) is 0 Å². The molecule has 1 saturated heterocycles. The van der Waals surface area contributed by atoms with Crippen LogP contribution in [0.1, 0.15) is 16.9 Å². The highest BCUT2D eigenvalue weighted by Crippen LogP contribution is 2.35. The highest BCUT2D eigenvalue weighted by Gasteiger charge is 2.35. The van der Waals surface area contributed by atoms with E-state index in [1.54, 1.807) is 36.4 Å². The molecule has 2 heterocycles. The Labute approximate surface area is 182 Å². The summed E-state index contributed by atoms with van der Waals surface area (Å²) in [5, 5.41) is 0.708. The second-order valence-electron chi connectivity index (χ2n) is 6.58. The fourth-order valence-corrected chi connectivity index (χ4v) is 4.34.